The molecule has 3 aromatic carbocycles. The van der Waals surface area contributed by atoms with Crippen molar-refractivity contribution in [3.05, 3.63) is 115 Å². The molecule has 0 atom stereocenters. The molecule has 3 aromatic rings. The van der Waals surface area contributed by atoms with Crippen LogP contribution in [-0.4, -0.2) is 9.85 Å². The second-order valence-corrected chi connectivity index (χ2v) is 6.49. The summed E-state index contributed by atoms with van der Waals surface area (Å²) in [5.41, 5.74) is 1.22. The van der Waals surface area contributed by atoms with E-state index in [2.05, 4.69) is 0 Å². The van der Waals surface area contributed by atoms with Crippen LogP contribution in [-0.2, 0) is 0 Å². The van der Waals surface area contributed by atoms with Crippen LogP contribution in [0.1, 0.15) is 22.3 Å². The zero-order valence-electron chi connectivity index (χ0n) is 15.1. The van der Waals surface area contributed by atoms with E-state index in [1.54, 1.807) is 36.4 Å². The van der Waals surface area contributed by atoms with E-state index in [1.165, 1.54) is 12.1 Å². The van der Waals surface area contributed by atoms with Crippen molar-refractivity contribution >= 4 is 46.2 Å². The summed E-state index contributed by atoms with van der Waals surface area (Å²) in [6.45, 7) is 0. The molecule has 29 heavy (non-hydrogen) atoms. The summed E-state index contributed by atoms with van der Waals surface area (Å²) in [4.78, 5) is 21.7. The van der Waals surface area contributed by atoms with Crippen molar-refractivity contribution in [2.24, 2.45) is 0 Å². The molecule has 0 aliphatic carbocycles. The van der Waals surface area contributed by atoms with Crippen LogP contribution in [0.2, 0.25) is 0 Å². The molecule has 0 amide bonds. The van der Waals surface area contributed by atoms with Crippen LogP contribution in [0, 0.1) is 20.2 Å². The van der Waals surface area contributed by atoms with Gasteiger partial charge in [0, 0.05) is 5.03 Å². The number of hydrogen-bond acceptors (Lipinski definition) is 4. The predicted molar refractivity (Wildman–Crippen MR) is 115 cm³/mol. The van der Waals surface area contributed by atoms with Gasteiger partial charge in [-0.1, -0.05) is 78.3 Å². The zero-order chi connectivity index (χ0) is 20.8. The molecule has 144 valence electrons. The highest BCUT2D eigenvalue weighted by molar-refractivity contribution is 6.51. The smallest absolute Gasteiger partial charge is 0.258 e. The van der Waals surface area contributed by atoms with Crippen molar-refractivity contribution in [1.82, 2.24) is 0 Å². The Morgan fingerprint density at radius 2 is 1.31 bits per heavy atom. The van der Waals surface area contributed by atoms with Crippen LogP contribution in [0.3, 0.4) is 0 Å². The van der Waals surface area contributed by atoms with Gasteiger partial charge in [-0.3, -0.25) is 20.2 Å². The molecule has 7 heteroatoms. The van der Waals surface area contributed by atoms with E-state index in [-0.39, 0.29) is 22.5 Å². The van der Waals surface area contributed by atoms with Gasteiger partial charge in [-0.2, -0.15) is 0 Å². The Morgan fingerprint density at radius 3 is 1.90 bits per heavy atom. The van der Waals surface area contributed by atoms with Crippen LogP contribution < -0.4 is 0 Å². The van der Waals surface area contributed by atoms with Gasteiger partial charge in [0.15, 0.2) is 0 Å². The monoisotopic (exact) mass is 406 g/mol. The Labute approximate surface area is 171 Å². The van der Waals surface area contributed by atoms with Crippen molar-refractivity contribution in [2.75, 3.05) is 0 Å². The first-order chi connectivity index (χ1) is 14.0. The topological polar surface area (TPSA) is 86.3 Å². The molecule has 0 fully saturated rings. The average molecular weight is 407 g/mol. The molecule has 0 unspecified atom stereocenters. The first-order valence-corrected chi connectivity index (χ1v) is 8.96. The summed E-state index contributed by atoms with van der Waals surface area (Å²) in [7, 11) is 0. The van der Waals surface area contributed by atoms with Crippen molar-refractivity contribution in [3.8, 4) is 0 Å². The number of rotatable bonds is 6. The van der Waals surface area contributed by atoms with Gasteiger partial charge >= 0.3 is 0 Å². The Bertz CT molecular complexity index is 1110. The van der Waals surface area contributed by atoms with E-state index in [0.717, 1.165) is 11.6 Å². The maximum atomic E-state index is 11.5. The van der Waals surface area contributed by atoms with Gasteiger partial charge < -0.3 is 0 Å². The number of benzene rings is 3. The molecule has 0 spiro atoms. The van der Waals surface area contributed by atoms with Gasteiger partial charge in [0.1, 0.15) is 0 Å². The molecule has 0 N–H and O–H groups in total. The maximum Gasteiger partial charge on any atom is 0.283 e. The summed E-state index contributed by atoms with van der Waals surface area (Å²) in [5, 5.41) is 23.3. The molecule has 0 bridgehead atoms. The normalized spacial score (nSPS) is 11.6. The number of nitrogens with zero attached hydrogens (tertiary/aromatic N) is 2. The molecule has 0 aromatic heterocycles. The fourth-order valence-electron chi connectivity index (χ4n) is 2.74. The molecule has 6 nitrogen and oxygen atoms in total. The van der Waals surface area contributed by atoms with Crippen LogP contribution >= 0.6 is 11.6 Å². The van der Waals surface area contributed by atoms with E-state index < -0.39 is 9.85 Å². The zero-order valence-corrected chi connectivity index (χ0v) is 15.8. The molecule has 0 aliphatic heterocycles. The predicted octanol–water partition coefficient (Wildman–Crippen LogP) is 6.41. The molecule has 0 saturated heterocycles. The Hall–Kier alpha value is -3.77. The number of hydrogen-bond donors (Lipinski definition) is 0. The van der Waals surface area contributed by atoms with Crippen LogP contribution in [0.25, 0.3) is 23.3 Å². The van der Waals surface area contributed by atoms with Crippen LogP contribution in [0.5, 0.6) is 0 Å². The Morgan fingerprint density at radius 1 is 0.759 bits per heavy atom. The molecular weight excluding hydrogens is 392 g/mol. The molecule has 0 radical (unpaired) electrons. The lowest BCUT2D eigenvalue weighted by Crippen LogP contribution is -1.98. The Balaban J connectivity index is 2.13. The van der Waals surface area contributed by atoms with E-state index in [1.807, 2.05) is 36.4 Å². The average Bonchev–Trinajstić information content (AvgIpc) is 2.73. The summed E-state index contributed by atoms with van der Waals surface area (Å²) >= 11 is 6.33. The van der Waals surface area contributed by atoms with Crippen molar-refractivity contribution in [1.29, 1.82) is 0 Å². The van der Waals surface area contributed by atoms with Crippen molar-refractivity contribution < 1.29 is 9.85 Å². The lowest BCUT2D eigenvalue weighted by atomic mass is 10.0. The van der Waals surface area contributed by atoms with E-state index >= 15 is 0 Å². The molecule has 3 rings (SSSR count). The minimum absolute atomic E-state index is 0.183. The molecule has 0 aliphatic rings. The quantitative estimate of drug-likeness (QED) is 0.269. The number of nitro groups is 2. The molecule has 0 heterocycles. The second kappa shape index (κ2) is 8.95. The highest BCUT2D eigenvalue weighted by Crippen LogP contribution is 2.33. The second-order valence-electron chi connectivity index (χ2n) is 6.09. The molecular formula is C22H15ClN2O4. The maximum absolute atomic E-state index is 11.5. The first kappa shape index (κ1) is 20.0. The lowest BCUT2D eigenvalue weighted by Gasteiger charge is -2.04. The fraction of sp³-hybridized carbons (Fsp3) is 0. The van der Waals surface area contributed by atoms with Crippen LogP contribution in [0.4, 0.5) is 11.4 Å². The third-order valence-corrected chi connectivity index (χ3v) is 4.48. The Kier molecular flexibility index (Phi) is 6.16. The van der Waals surface area contributed by atoms with Gasteiger partial charge in [0.25, 0.3) is 11.4 Å². The summed E-state index contributed by atoms with van der Waals surface area (Å²) in [6.07, 6.45) is 4.71. The summed E-state index contributed by atoms with van der Waals surface area (Å²) < 4.78 is 0. The largest absolute Gasteiger partial charge is 0.283 e. The fourth-order valence-corrected chi connectivity index (χ4v) is 2.99. The first-order valence-electron chi connectivity index (χ1n) is 8.58. The lowest BCUT2D eigenvalue weighted by molar-refractivity contribution is -0.394. The minimum Gasteiger partial charge on any atom is -0.258 e. The number of halogens is 1. The standard InChI is InChI=1S/C22H15ClN2O4/c23-20(17-9-5-2-6-10-17)14-19-13-18(12-11-16-7-3-1-4-8-16)21(24(26)27)15-22(19)25(28)29/h1-15H/b12-11+,20-14-. The summed E-state index contributed by atoms with van der Waals surface area (Å²) in [6, 6.07) is 20.6. The SMILES string of the molecule is O=[N+]([O-])c1cc([N+](=O)[O-])c(/C=C/c2ccccc2)cc1/C=C(\Cl)c1ccccc1. The van der Waals surface area contributed by atoms with Gasteiger partial charge in [0.2, 0.25) is 0 Å². The number of nitro benzene ring substituents is 2. The van der Waals surface area contributed by atoms with Gasteiger partial charge in [-0.25, -0.2) is 0 Å². The van der Waals surface area contributed by atoms with E-state index in [9.17, 15) is 20.2 Å². The van der Waals surface area contributed by atoms with Crippen LogP contribution in [0.15, 0.2) is 72.8 Å². The summed E-state index contributed by atoms with van der Waals surface area (Å²) in [5.74, 6) is 0. The third kappa shape index (κ3) is 4.94. The highest BCUT2D eigenvalue weighted by atomic mass is 35.5. The van der Waals surface area contributed by atoms with Crippen molar-refractivity contribution in [2.45, 2.75) is 0 Å². The van der Waals surface area contributed by atoms with E-state index in [4.69, 9.17) is 11.6 Å². The third-order valence-electron chi connectivity index (χ3n) is 4.16. The molecule has 0 saturated carbocycles. The minimum atomic E-state index is -0.654. The highest BCUT2D eigenvalue weighted by Gasteiger charge is 2.22. The van der Waals surface area contributed by atoms with Gasteiger partial charge in [0.05, 0.1) is 27.0 Å². The van der Waals surface area contributed by atoms with Crippen molar-refractivity contribution in [3.63, 3.8) is 0 Å². The van der Waals surface area contributed by atoms with E-state index in [0.29, 0.717) is 10.6 Å². The van der Waals surface area contributed by atoms with Gasteiger partial charge in [-0.15, -0.1) is 0 Å². The van der Waals surface area contributed by atoms with Gasteiger partial charge in [-0.05, 0) is 29.3 Å².